The Morgan fingerprint density at radius 1 is 1.05 bits per heavy atom. The highest BCUT2D eigenvalue weighted by atomic mass is 14.5. The van der Waals surface area contributed by atoms with E-state index in [9.17, 15) is 0 Å². The molecule has 2 rings (SSSR count). The van der Waals surface area contributed by atoms with Crippen molar-refractivity contribution in [3.8, 4) is 0 Å². The number of nitrogens with two attached hydrogens (primary N) is 1. The van der Waals surface area contributed by atoms with Crippen molar-refractivity contribution in [2.24, 2.45) is 28.9 Å². The predicted molar refractivity (Wildman–Crippen MR) is 97.6 cm³/mol. The highest BCUT2D eigenvalue weighted by Crippen LogP contribution is 2.55. The van der Waals surface area contributed by atoms with Crippen molar-refractivity contribution in [3.63, 3.8) is 0 Å². The summed E-state index contributed by atoms with van der Waals surface area (Å²) >= 11 is 0. The molecule has 0 aromatic carbocycles. The molecule has 2 aliphatic carbocycles. The molecular weight excluding hydrogens is 254 g/mol. The molecule has 2 N–H and O–H groups in total. The van der Waals surface area contributed by atoms with Gasteiger partial charge in [-0.25, -0.2) is 0 Å². The predicted octanol–water partition coefficient (Wildman–Crippen LogP) is 6.41. The molecule has 2 aliphatic rings. The minimum absolute atomic E-state index is 0.810. The zero-order valence-electron chi connectivity index (χ0n) is 15.9. The van der Waals surface area contributed by atoms with Gasteiger partial charge in [-0.2, -0.15) is 0 Å². The molecule has 1 spiro atoms. The molecule has 0 atom stereocenters. The molecule has 0 bridgehead atoms. The van der Waals surface area contributed by atoms with Gasteiger partial charge in [0.05, 0.1) is 0 Å². The molecule has 128 valence electrons. The highest BCUT2D eigenvalue weighted by molar-refractivity contribution is 4.95. The summed E-state index contributed by atoms with van der Waals surface area (Å²) in [4.78, 5) is 0. The molecule has 0 radical (unpaired) electrons. The van der Waals surface area contributed by atoms with E-state index in [4.69, 9.17) is 5.73 Å². The Kier molecular flexibility index (Phi) is 11.5. The maximum Gasteiger partial charge on any atom is -0.00746 e. The topological polar surface area (TPSA) is 26.0 Å². The van der Waals surface area contributed by atoms with E-state index in [2.05, 4.69) is 27.7 Å². The standard InChI is InChI=1S/C12H23N.C6H14.C2H6/c1-10-8-12(9-10)5-2-11(3-6-12)4-7-13;1-4-6(3)5-2;1-2/h10-11H,2-9,13H2,1H3;6H,4-5H2,1-3H3;1-2H3. The van der Waals surface area contributed by atoms with Gasteiger partial charge in [0, 0.05) is 0 Å². The molecule has 0 heterocycles. The lowest BCUT2D eigenvalue weighted by molar-refractivity contribution is 0.00781. The van der Waals surface area contributed by atoms with Gasteiger partial charge in [-0.15, -0.1) is 0 Å². The summed E-state index contributed by atoms with van der Waals surface area (Å²) in [6.45, 7) is 14.0. The average Bonchev–Trinajstić information content (AvgIpc) is 2.50. The molecule has 0 amide bonds. The maximum absolute atomic E-state index is 5.60. The Bertz CT molecular complexity index is 216. The molecule has 2 fully saturated rings. The van der Waals surface area contributed by atoms with Crippen LogP contribution in [0.3, 0.4) is 0 Å². The van der Waals surface area contributed by atoms with Crippen LogP contribution in [0.15, 0.2) is 0 Å². The van der Waals surface area contributed by atoms with Crippen LogP contribution >= 0.6 is 0 Å². The monoisotopic (exact) mass is 297 g/mol. The first-order valence-electron chi connectivity index (χ1n) is 9.75. The van der Waals surface area contributed by atoms with Crippen molar-refractivity contribution in [2.45, 2.75) is 99.3 Å². The lowest BCUT2D eigenvalue weighted by atomic mass is 9.55. The first-order valence-corrected chi connectivity index (χ1v) is 9.75. The van der Waals surface area contributed by atoms with Crippen LogP contribution < -0.4 is 5.73 Å². The normalized spacial score (nSPS) is 30.9. The van der Waals surface area contributed by atoms with Crippen LogP contribution in [-0.2, 0) is 0 Å². The fourth-order valence-electron chi connectivity index (χ4n) is 3.93. The Balaban J connectivity index is 0.000000427. The lowest BCUT2D eigenvalue weighted by Gasteiger charge is -2.51. The number of rotatable bonds is 4. The van der Waals surface area contributed by atoms with Gasteiger partial charge < -0.3 is 5.73 Å². The van der Waals surface area contributed by atoms with Crippen LogP contribution in [0.5, 0.6) is 0 Å². The molecule has 1 heteroatoms. The molecule has 0 aromatic heterocycles. The SMILES string of the molecule is CC.CC1CC2(CCC(CCN)CC2)C1.CCC(C)CC. The van der Waals surface area contributed by atoms with Gasteiger partial charge in [0.25, 0.3) is 0 Å². The van der Waals surface area contributed by atoms with Crippen molar-refractivity contribution in [2.75, 3.05) is 6.54 Å². The second-order valence-corrected chi connectivity index (χ2v) is 7.46. The summed E-state index contributed by atoms with van der Waals surface area (Å²) in [7, 11) is 0. The zero-order chi connectivity index (χ0) is 16.3. The average molecular weight is 298 g/mol. The van der Waals surface area contributed by atoms with Gasteiger partial charge in [0.15, 0.2) is 0 Å². The van der Waals surface area contributed by atoms with Gasteiger partial charge in [0.1, 0.15) is 0 Å². The second-order valence-electron chi connectivity index (χ2n) is 7.46. The summed E-state index contributed by atoms with van der Waals surface area (Å²) < 4.78 is 0. The van der Waals surface area contributed by atoms with Crippen molar-refractivity contribution >= 4 is 0 Å². The van der Waals surface area contributed by atoms with E-state index in [1.54, 1.807) is 0 Å². The van der Waals surface area contributed by atoms with Crippen LogP contribution in [0.2, 0.25) is 0 Å². The number of hydrogen-bond acceptors (Lipinski definition) is 1. The number of hydrogen-bond donors (Lipinski definition) is 1. The summed E-state index contributed by atoms with van der Waals surface area (Å²) in [5.74, 6) is 2.92. The second kappa shape index (κ2) is 11.5. The van der Waals surface area contributed by atoms with E-state index in [1.165, 1.54) is 57.8 Å². The zero-order valence-corrected chi connectivity index (χ0v) is 15.9. The van der Waals surface area contributed by atoms with Crippen LogP contribution in [0.25, 0.3) is 0 Å². The van der Waals surface area contributed by atoms with Crippen molar-refractivity contribution in [1.82, 2.24) is 0 Å². The van der Waals surface area contributed by atoms with Crippen molar-refractivity contribution in [1.29, 1.82) is 0 Å². The molecule has 1 nitrogen and oxygen atoms in total. The van der Waals surface area contributed by atoms with Crippen LogP contribution in [0, 0.1) is 23.2 Å². The quantitative estimate of drug-likeness (QED) is 0.637. The van der Waals surface area contributed by atoms with Crippen LogP contribution in [-0.4, -0.2) is 6.54 Å². The Labute approximate surface area is 135 Å². The minimum Gasteiger partial charge on any atom is -0.330 e. The molecule has 0 saturated heterocycles. The third-order valence-electron chi connectivity index (χ3n) is 5.70. The molecule has 0 aromatic rings. The summed E-state index contributed by atoms with van der Waals surface area (Å²) in [6, 6.07) is 0. The van der Waals surface area contributed by atoms with E-state index in [1.807, 2.05) is 13.8 Å². The van der Waals surface area contributed by atoms with Crippen LogP contribution in [0.4, 0.5) is 0 Å². The third kappa shape index (κ3) is 7.68. The summed E-state index contributed by atoms with van der Waals surface area (Å²) in [5.41, 5.74) is 6.41. The first-order chi connectivity index (χ1) is 10.0. The highest BCUT2D eigenvalue weighted by Gasteiger charge is 2.43. The Morgan fingerprint density at radius 2 is 1.52 bits per heavy atom. The van der Waals surface area contributed by atoms with Gasteiger partial charge in [0.2, 0.25) is 0 Å². The smallest absolute Gasteiger partial charge is 0.00746 e. The third-order valence-corrected chi connectivity index (χ3v) is 5.70. The first kappa shape index (κ1) is 21.0. The fourth-order valence-corrected chi connectivity index (χ4v) is 3.93. The van der Waals surface area contributed by atoms with Gasteiger partial charge >= 0.3 is 0 Å². The van der Waals surface area contributed by atoms with Crippen molar-refractivity contribution < 1.29 is 0 Å². The van der Waals surface area contributed by atoms with Crippen molar-refractivity contribution in [3.05, 3.63) is 0 Å². The molecule has 0 aliphatic heterocycles. The van der Waals surface area contributed by atoms with E-state index in [-0.39, 0.29) is 0 Å². The van der Waals surface area contributed by atoms with E-state index >= 15 is 0 Å². The minimum atomic E-state index is 0.810. The Morgan fingerprint density at radius 3 is 1.81 bits per heavy atom. The van der Waals surface area contributed by atoms with Gasteiger partial charge in [-0.1, -0.05) is 54.4 Å². The molecule has 2 saturated carbocycles. The van der Waals surface area contributed by atoms with E-state index < -0.39 is 0 Å². The molecule has 0 unspecified atom stereocenters. The van der Waals surface area contributed by atoms with Gasteiger partial charge in [-0.3, -0.25) is 0 Å². The van der Waals surface area contributed by atoms with E-state index in [0.717, 1.165) is 29.7 Å². The molecule has 21 heavy (non-hydrogen) atoms. The lowest BCUT2D eigenvalue weighted by Crippen LogP contribution is -2.39. The summed E-state index contributed by atoms with van der Waals surface area (Å²) in [6.07, 6.45) is 12.9. The molecular formula is C20H43N. The van der Waals surface area contributed by atoms with Gasteiger partial charge in [-0.05, 0) is 74.7 Å². The largest absolute Gasteiger partial charge is 0.330 e. The Hall–Kier alpha value is -0.0400. The summed E-state index contributed by atoms with van der Waals surface area (Å²) in [5, 5.41) is 0. The maximum atomic E-state index is 5.60. The fraction of sp³-hybridized carbons (Fsp3) is 1.00. The van der Waals surface area contributed by atoms with E-state index in [0.29, 0.717) is 0 Å². The van der Waals surface area contributed by atoms with Crippen LogP contribution in [0.1, 0.15) is 99.3 Å².